The van der Waals surface area contributed by atoms with E-state index in [1.807, 2.05) is 12.1 Å². The van der Waals surface area contributed by atoms with E-state index in [4.69, 9.17) is 0 Å². The monoisotopic (exact) mass is 407 g/mol. The molecule has 3 aromatic rings. The van der Waals surface area contributed by atoms with Gasteiger partial charge in [-0.2, -0.15) is 4.52 Å². The van der Waals surface area contributed by atoms with E-state index < -0.39 is 0 Å². The first-order chi connectivity index (χ1) is 11.6. The molecule has 0 unspecified atom stereocenters. The third-order valence-electron chi connectivity index (χ3n) is 3.19. The Morgan fingerprint density at radius 1 is 1.21 bits per heavy atom. The molecule has 2 N–H and O–H groups in total. The van der Waals surface area contributed by atoms with Gasteiger partial charge in [0, 0.05) is 35.4 Å². The quantitative estimate of drug-likeness (QED) is 0.611. The van der Waals surface area contributed by atoms with Gasteiger partial charge in [-0.1, -0.05) is 27.3 Å². The molecule has 1 amide bonds. The van der Waals surface area contributed by atoms with Crippen LogP contribution >= 0.6 is 27.3 Å². The Hall–Kier alpha value is -2.26. The molecular formula is C15H14BrN5O2S. The Morgan fingerprint density at radius 3 is 2.75 bits per heavy atom. The van der Waals surface area contributed by atoms with Crippen LogP contribution in [0.5, 0.6) is 0 Å². The summed E-state index contributed by atoms with van der Waals surface area (Å²) >= 11 is 4.65. The molecule has 0 saturated carbocycles. The molecule has 7 nitrogen and oxygen atoms in total. The van der Waals surface area contributed by atoms with Gasteiger partial charge in [-0.15, -0.1) is 5.10 Å². The van der Waals surface area contributed by atoms with Gasteiger partial charge in [-0.3, -0.25) is 9.59 Å². The summed E-state index contributed by atoms with van der Waals surface area (Å²) in [5, 5.41) is 10.8. The Morgan fingerprint density at radius 2 is 2.00 bits per heavy atom. The van der Waals surface area contributed by atoms with Crippen LogP contribution in [0.15, 0.2) is 45.8 Å². The van der Waals surface area contributed by atoms with E-state index in [9.17, 15) is 9.59 Å². The third-order valence-corrected chi connectivity index (χ3v) is 4.60. The number of carbonyl (C=O) groups is 1. The van der Waals surface area contributed by atoms with Crippen LogP contribution < -0.4 is 16.2 Å². The lowest BCUT2D eigenvalue weighted by Gasteiger charge is -2.05. The van der Waals surface area contributed by atoms with Crippen molar-refractivity contribution in [1.29, 1.82) is 0 Å². The molecule has 2 heterocycles. The fraction of sp³-hybridized carbons (Fsp3) is 0.200. The van der Waals surface area contributed by atoms with Crippen LogP contribution in [0.3, 0.4) is 0 Å². The molecule has 0 atom stereocenters. The lowest BCUT2D eigenvalue weighted by molar-refractivity contribution is 0.0953. The minimum Gasteiger partial charge on any atom is -0.360 e. The summed E-state index contributed by atoms with van der Waals surface area (Å²) < 4.78 is 2.20. The highest BCUT2D eigenvalue weighted by atomic mass is 79.9. The molecule has 2 aromatic heterocycles. The Bertz CT molecular complexity index is 906. The van der Waals surface area contributed by atoms with Crippen LogP contribution in [0.25, 0.3) is 4.96 Å². The maximum atomic E-state index is 11.9. The second-order valence-corrected chi connectivity index (χ2v) is 6.80. The van der Waals surface area contributed by atoms with E-state index in [-0.39, 0.29) is 11.5 Å². The van der Waals surface area contributed by atoms with Crippen molar-refractivity contribution in [3.05, 3.63) is 56.9 Å². The second-order valence-electron chi connectivity index (χ2n) is 4.93. The summed E-state index contributed by atoms with van der Waals surface area (Å²) in [5.41, 5.74) is 0.425. The van der Waals surface area contributed by atoms with Gasteiger partial charge in [-0.05, 0) is 30.7 Å². The van der Waals surface area contributed by atoms with Crippen molar-refractivity contribution in [2.45, 2.75) is 6.42 Å². The first kappa shape index (κ1) is 16.6. The van der Waals surface area contributed by atoms with E-state index in [1.165, 1.54) is 28.1 Å². The largest absolute Gasteiger partial charge is 0.360 e. The zero-order chi connectivity index (χ0) is 16.9. The maximum Gasteiger partial charge on any atom is 0.275 e. The number of nitrogens with one attached hydrogen (secondary N) is 2. The topological polar surface area (TPSA) is 88.4 Å². The first-order valence-electron chi connectivity index (χ1n) is 7.26. The Kier molecular flexibility index (Phi) is 5.21. The average Bonchev–Trinajstić information content (AvgIpc) is 2.99. The number of carbonyl (C=O) groups excluding carboxylic acids is 1. The van der Waals surface area contributed by atoms with E-state index in [0.29, 0.717) is 28.7 Å². The van der Waals surface area contributed by atoms with Gasteiger partial charge in [0.05, 0.1) is 0 Å². The number of hydrogen-bond acceptors (Lipinski definition) is 6. The SMILES string of the molecule is O=C(NCCCNc1nn2c(=O)ccnc2s1)c1ccc(Br)cc1. The van der Waals surface area contributed by atoms with Crippen molar-refractivity contribution in [2.75, 3.05) is 18.4 Å². The molecule has 0 aliphatic carbocycles. The molecule has 0 spiro atoms. The smallest absolute Gasteiger partial charge is 0.275 e. The van der Waals surface area contributed by atoms with Gasteiger partial charge < -0.3 is 10.6 Å². The fourth-order valence-corrected chi connectivity index (χ4v) is 3.07. The first-order valence-corrected chi connectivity index (χ1v) is 8.87. The number of hydrogen-bond donors (Lipinski definition) is 2. The molecule has 0 radical (unpaired) electrons. The number of nitrogens with zero attached hydrogens (tertiary/aromatic N) is 3. The number of aromatic nitrogens is 3. The number of rotatable bonds is 6. The molecular weight excluding hydrogens is 394 g/mol. The summed E-state index contributed by atoms with van der Waals surface area (Å²) in [6.45, 7) is 1.18. The molecule has 24 heavy (non-hydrogen) atoms. The highest BCUT2D eigenvalue weighted by Crippen LogP contribution is 2.15. The predicted octanol–water partition coefficient (Wildman–Crippen LogP) is 2.15. The molecule has 0 aliphatic rings. The van der Waals surface area contributed by atoms with E-state index in [2.05, 4.69) is 36.6 Å². The lowest BCUT2D eigenvalue weighted by Crippen LogP contribution is -2.25. The van der Waals surface area contributed by atoms with Crippen molar-refractivity contribution in [3.63, 3.8) is 0 Å². The van der Waals surface area contributed by atoms with Crippen LogP contribution in [0, 0.1) is 0 Å². The molecule has 0 bridgehead atoms. The maximum absolute atomic E-state index is 11.9. The van der Waals surface area contributed by atoms with E-state index >= 15 is 0 Å². The van der Waals surface area contributed by atoms with Gasteiger partial charge in [0.15, 0.2) is 0 Å². The van der Waals surface area contributed by atoms with E-state index in [0.717, 1.165) is 10.9 Å². The average molecular weight is 408 g/mol. The molecule has 1 aromatic carbocycles. The summed E-state index contributed by atoms with van der Waals surface area (Å²) in [7, 11) is 0. The lowest BCUT2D eigenvalue weighted by atomic mass is 10.2. The minimum atomic E-state index is -0.203. The van der Waals surface area contributed by atoms with E-state index in [1.54, 1.807) is 12.1 Å². The van der Waals surface area contributed by atoms with Gasteiger partial charge >= 0.3 is 0 Å². The van der Waals surface area contributed by atoms with Crippen molar-refractivity contribution < 1.29 is 4.79 Å². The molecule has 124 valence electrons. The van der Waals surface area contributed by atoms with Gasteiger partial charge in [-0.25, -0.2) is 4.98 Å². The fourth-order valence-electron chi connectivity index (χ4n) is 2.00. The number of fused-ring (bicyclic) bond motifs is 1. The number of amides is 1. The standard InChI is InChI=1S/C15H14BrN5O2S/c16-11-4-2-10(3-5-11)13(23)17-7-1-8-18-14-20-21-12(22)6-9-19-15(21)24-14/h2-6,9H,1,7-8H2,(H,17,23)(H,18,20). The summed E-state index contributed by atoms with van der Waals surface area (Å²) in [6.07, 6.45) is 2.21. The summed E-state index contributed by atoms with van der Waals surface area (Å²) in [4.78, 5) is 28.2. The highest BCUT2D eigenvalue weighted by Gasteiger charge is 2.06. The van der Waals surface area contributed by atoms with Crippen LogP contribution in [0.2, 0.25) is 0 Å². The summed E-state index contributed by atoms with van der Waals surface area (Å²) in [6, 6.07) is 8.57. The molecule has 0 saturated heterocycles. The van der Waals surface area contributed by atoms with Crippen molar-refractivity contribution in [3.8, 4) is 0 Å². The summed E-state index contributed by atoms with van der Waals surface area (Å²) in [5.74, 6) is -0.0989. The molecule has 9 heteroatoms. The second kappa shape index (κ2) is 7.54. The van der Waals surface area contributed by atoms with Crippen molar-refractivity contribution >= 4 is 43.3 Å². The van der Waals surface area contributed by atoms with Crippen LogP contribution in [-0.2, 0) is 0 Å². The number of anilines is 1. The van der Waals surface area contributed by atoms with Crippen molar-refractivity contribution in [1.82, 2.24) is 19.9 Å². The number of halogens is 1. The Labute approximate surface area is 149 Å². The van der Waals surface area contributed by atoms with Gasteiger partial charge in [0.25, 0.3) is 11.5 Å². The van der Waals surface area contributed by atoms with Crippen LogP contribution in [-0.4, -0.2) is 33.6 Å². The minimum absolute atomic E-state index is 0.0989. The van der Waals surface area contributed by atoms with Crippen LogP contribution in [0.4, 0.5) is 5.13 Å². The third kappa shape index (κ3) is 3.98. The highest BCUT2D eigenvalue weighted by molar-refractivity contribution is 9.10. The number of benzene rings is 1. The van der Waals surface area contributed by atoms with Gasteiger partial charge in [0.2, 0.25) is 10.1 Å². The van der Waals surface area contributed by atoms with Crippen LogP contribution in [0.1, 0.15) is 16.8 Å². The van der Waals surface area contributed by atoms with Gasteiger partial charge in [0.1, 0.15) is 0 Å². The molecule has 3 rings (SSSR count). The predicted molar refractivity (Wildman–Crippen MR) is 96.7 cm³/mol. The normalized spacial score (nSPS) is 10.7. The molecule has 0 fully saturated rings. The zero-order valence-corrected chi connectivity index (χ0v) is 14.9. The zero-order valence-electron chi connectivity index (χ0n) is 12.5. The van der Waals surface area contributed by atoms with Crippen molar-refractivity contribution in [2.24, 2.45) is 0 Å². The molecule has 0 aliphatic heterocycles. The Balaban J connectivity index is 1.45.